The number of anilines is 1. The van der Waals surface area contributed by atoms with Crippen LogP contribution in [0.4, 0.5) is 5.69 Å². The standard InChI is InChI=1S/C22H31N3O3S/c1-15(2)24-29(27,28)21-11-9-20(10-12-21)23-22(26)18(5)25(6)14-19-8-7-16(3)13-17(19)4/h7-13,15,18,24H,14H2,1-6H3,(H,23,26)/t18-/m1/s1. The highest BCUT2D eigenvalue weighted by Crippen LogP contribution is 2.17. The van der Waals surface area contributed by atoms with Crippen LogP contribution >= 0.6 is 0 Å². The van der Waals surface area contributed by atoms with Crippen molar-refractivity contribution in [2.45, 2.75) is 58.1 Å². The van der Waals surface area contributed by atoms with Crippen molar-refractivity contribution in [2.24, 2.45) is 0 Å². The van der Waals surface area contributed by atoms with E-state index in [2.05, 4.69) is 42.1 Å². The predicted octanol–water partition coefficient (Wildman–Crippen LogP) is 3.45. The van der Waals surface area contributed by atoms with Gasteiger partial charge in [-0.3, -0.25) is 9.69 Å². The maximum Gasteiger partial charge on any atom is 0.241 e. The number of likely N-dealkylation sites (N-methyl/N-ethyl adjacent to an activating group) is 1. The summed E-state index contributed by atoms with van der Waals surface area (Å²) in [5, 5.41) is 2.86. The number of benzene rings is 2. The summed E-state index contributed by atoms with van der Waals surface area (Å²) < 4.78 is 26.9. The molecule has 6 nitrogen and oxygen atoms in total. The molecule has 0 heterocycles. The first-order chi connectivity index (χ1) is 13.5. The maximum absolute atomic E-state index is 12.6. The van der Waals surface area contributed by atoms with Gasteiger partial charge in [0.2, 0.25) is 15.9 Å². The smallest absolute Gasteiger partial charge is 0.241 e. The molecule has 29 heavy (non-hydrogen) atoms. The summed E-state index contributed by atoms with van der Waals surface area (Å²) in [5.41, 5.74) is 4.17. The van der Waals surface area contributed by atoms with Gasteiger partial charge in [-0.15, -0.1) is 0 Å². The maximum atomic E-state index is 12.6. The van der Waals surface area contributed by atoms with Gasteiger partial charge in [-0.25, -0.2) is 13.1 Å². The second-order valence-electron chi connectivity index (χ2n) is 7.81. The Labute approximate surface area is 174 Å². The Morgan fingerprint density at radius 1 is 1.03 bits per heavy atom. The number of sulfonamides is 1. The average Bonchev–Trinajstić information content (AvgIpc) is 2.62. The largest absolute Gasteiger partial charge is 0.325 e. The fourth-order valence-electron chi connectivity index (χ4n) is 2.97. The Morgan fingerprint density at radius 3 is 2.21 bits per heavy atom. The van der Waals surface area contributed by atoms with Gasteiger partial charge in [-0.2, -0.15) is 0 Å². The summed E-state index contributed by atoms with van der Waals surface area (Å²) in [4.78, 5) is 14.8. The zero-order valence-electron chi connectivity index (χ0n) is 18.0. The fourth-order valence-corrected chi connectivity index (χ4v) is 4.22. The van der Waals surface area contributed by atoms with E-state index in [9.17, 15) is 13.2 Å². The number of hydrogen-bond acceptors (Lipinski definition) is 4. The minimum absolute atomic E-state index is 0.145. The van der Waals surface area contributed by atoms with Gasteiger partial charge in [-0.1, -0.05) is 23.8 Å². The van der Waals surface area contributed by atoms with Crippen LogP contribution in [0, 0.1) is 13.8 Å². The summed E-state index contributed by atoms with van der Waals surface area (Å²) in [6.07, 6.45) is 0. The SMILES string of the molecule is Cc1ccc(CN(C)[C@H](C)C(=O)Nc2ccc(S(=O)(=O)NC(C)C)cc2)c(C)c1. The summed E-state index contributed by atoms with van der Waals surface area (Å²) in [7, 11) is -1.63. The van der Waals surface area contributed by atoms with Crippen LogP contribution in [-0.2, 0) is 21.4 Å². The first-order valence-electron chi connectivity index (χ1n) is 9.69. The first-order valence-corrected chi connectivity index (χ1v) is 11.2. The average molecular weight is 418 g/mol. The second kappa shape index (κ2) is 9.52. The van der Waals surface area contributed by atoms with Gasteiger partial charge in [-0.05, 0) is 77.1 Å². The molecule has 0 saturated carbocycles. The molecule has 1 atom stereocenters. The molecule has 0 aliphatic heterocycles. The van der Waals surface area contributed by atoms with Crippen molar-refractivity contribution in [1.29, 1.82) is 0 Å². The minimum Gasteiger partial charge on any atom is -0.325 e. The third-order valence-corrected chi connectivity index (χ3v) is 6.46. The summed E-state index contributed by atoms with van der Waals surface area (Å²) in [5.74, 6) is -0.145. The fraction of sp³-hybridized carbons (Fsp3) is 0.409. The molecule has 0 spiro atoms. The van der Waals surface area contributed by atoms with Crippen LogP contribution in [0.3, 0.4) is 0 Å². The van der Waals surface area contributed by atoms with Crippen LogP contribution in [0.5, 0.6) is 0 Å². The van der Waals surface area contributed by atoms with Gasteiger partial charge in [0.05, 0.1) is 10.9 Å². The van der Waals surface area contributed by atoms with Gasteiger partial charge in [0.15, 0.2) is 0 Å². The van der Waals surface area contributed by atoms with E-state index in [-0.39, 0.29) is 22.9 Å². The van der Waals surface area contributed by atoms with E-state index in [1.807, 2.05) is 18.9 Å². The molecule has 7 heteroatoms. The van der Waals surface area contributed by atoms with Crippen LogP contribution in [0.25, 0.3) is 0 Å². The van der Waals surface area contributed by atoms with Crippen molar-refractivity contribution >= 4 is 21.6 Å². The molecule has 1 amide bonds. The van der Waals surface area contributed by atoms with E-state index in [1.54, 1.807) is 26.0 Å². The molecule has 2 aromatic rings. The second-order valence-corrected chi connectivity index (χ2v) is 9.52. The molecular weight excluding hydrogens is 386 g/mol. The first kappa shape index (κ1) is 23.1. The topological polar surface area (TPSA) is 78.5 Å². The van der Waals surface area contributed by atoms with Gasteiger partial charge < -0.3 is 5.32 Å². The van der Waals surface area contributed by atoms with Crippen LogP contribution < -0.4 is 10.0 Å². The monoisotopic (exact) mass is 417 g/mol. The van der Waals surface area contributed by atoms with Crippen molar-refractivity contribution in [1.82, 2.24) is 9.62 Å². The molecule has 0 aliphatic carbocycles. The summed E-state index contributed by atoms with van der Waals surface area (Å²) in [6.45, 7) is 10.2. The number of carbonyl (C=O) groups is 1. The van der Waals surface area contributed by atoms with Gasteiger partial charge in [0, 0.05) is 18.3 Å². The molecule has 0 aliphatic rings. The van der Waals surface area contributed by atoms with Crippen molar-refractivity contribution in [3.05, 3.63) is 59.2 Å². The minimum atomic E-state index is -3.55. The number of amides is 1. The van der Waals surface area contributed by atoms with Crippen molar-refractivity contribution in [3.63, 3.8) is 0 Å². The van der Waals surface area contributed by atoms with E-state index in [0.29, 0.717) is 12.2 Å². The highest BCUT2D eigenvalue weighted by molar-refractivity contribution is 7.89. The van der Waals surface area contributed by atoms with E-state index >= 15 is 0 Å². The lowest BCUT2D eigenvalue weighted by molar-refractivity contribution is -0.120. The zero-order valence-corrected chi connectivity index (χ0v) is 18.8. The van der Waals surface area contributed by atoms with Gasteiger partial charge >= 0.3 is 0 Å². The number of rotatable bonds is 8. The van der Waals surface area contributed by atoms with E-state index in [1.165, 1.54) is 28.8 Å². The van der Waals surface area contributed by atoms with Gasteiger partial charge in [0.25, 0.3) is 0 Å². The normalized spacial score (nSPS) is 13.0. The van der Waals surface area contributed by atoms with E-state index < -0.39 is 10.0 Å². The summed E-state index contributed by atoms with van der Waals surface area (Å²) >= 11 is 0. The van der Waals surface area contributed by atoms with Crippen molar-refractivity contribution in [3.8, 4) is 0 Å². The molecule has 2 aromatic carbocycles. The molecule has 0 aromatic heterocycles. The number of aryl methyl sites for hydroxylation is 2. The molecule has 0 bridgehead atoms. The van der Waals surface area contributed by atoms with E-state index in [4.69, 9.17) is 0 Å². The van der Waals surface area contributed by atoms with Crippen molar-refractivity contribution < 1.29 is 13.2 Å². The van der Waals surface area contributed by atoms with Crippen molar-refractivity contribution in [2.75, 3.05) is 12.4 Å². The number of hydrogen-bond donors (Lipinski definition) is 2. The Kier molecular flexibility index (Phi) is 7.57. The zero-order chi connectivity index (χ0) is 21.8. The third kappa shape index (κ3) is 6.39. The third-order valence-electron chi connectivity index (χ3n) is 4.78. The lowest BCUT2D eigenvalue weighted by atomic mass is 10.0. The van der Waals surface area contributed by atoms with Gasteiger partial charge in [0.1, 0.15) is 0 Å². The lowest BCUT2D eigenvalue weighted by Crippen LogP contribution is -2.39. The van der Waals surface area contributed by atoms with Crippen LogP contribution in [0.1, 0.15) is 37.5 Å². The molecule has 0 radical (unpaired) electrons. The Bertz CT molecular complexity index is 954. The lowest BCUT2D eigenvalue weighted by Gasteiger charge is -2.25. The Balaban J connectivity index is 2.01. The van der Waals surface area contributed by atoms with E-state index in [0.717, 1.165) is 0 Å². The Morgan fingerprint density at radius 2 is 1.66 bits per heavy atom. The summed E-state index contributed by atoms with van der Waals surface area (Å²) in [6, 6.07) is 12.0. The number of carbonyl (C=O) groups excluding carboxylic acids is 1. The quantitative estimate of drug-likeness (QED) is 0.690. The van der Waals surface area contributed by atoms with Crippen LogP contribution in [0.2, 0.25) is 0 Å². The number of nitrogens with one attached hydrogen (secondary N) is 2. The Hall–Kier alpha value is -2.22. The highest BCUT2D eigenvalue weighted by atomic mass is 32.2. The molecule has 0 saturated heterocycles. The molecule has 0 fully saturated rings. The number of nitrogens with zero attached hydrogens (tertiary/aromatic N) is 1. The molecule has 2 rings (SSSR count). The molecule has 0 unspecified atom stereocenters. The highest BCUT2D eigenvalue weighted by Gasteiger charge is 2.20. The molecular formula is C22H31N3O3S. The predicted molar refractivity (Wildman–Crippen MR) is 117 cm³/mol. The molecule has 158 valence electrons. The van der Waals surface area contributed by atoms with Crippen LogP contribution in [-0.4, -0.2) is 38.4 Å². The van der Waals surface area contributed by atoms with Crippen LogP contribution in [0.15, 0.2) is 47.4 Å². The molecule has 2 N–H and O–H groups in total.